The molecule has 1 unspecified atom stereocenters. The van der Waals surface area contributed by atoms with E-state index in [1.165, 1.54) is 4.88 Å². The van der Waals surface area contributed by atoms with Gasteiger partial charge in [0.15, 0.2) is 0 Å². The summed E-state index contributed by atoms with van der Waals surface area (Å²) in [6.07, 6.45) is 5.98. The molecule has 5 nitrogen and oxygen atoms in total. The maximum absolute atomic E-state index is 12.2. The van der Waals surface area contributed by atoms with Gasteiger partial charge in [0.1, 0.15) is 0 Å². The van der Waals surface area contributed by atoms with Crippen molar-refractivity contribution in [1.82, 2.24) is 9.78 Å². The first-order valence-electron chi connectivity index (χ1n) is 7.13. The molecule has 0 radical (unpaired) electrons. The van der Waals surface area contributed by atoms with Crippen LogP contribution in [0.15, 0.2) is 17.8 Å². The number of hydrogen-bond acceptors (Lipinski definition) is 4. The zero-order valence-corrected chi connectivity index (χ0v) is 13.1. The van der Waals surface area contributed by atoms with Crippen LogP contribution in [-0.4, -0.2) is 28.4 Å². The first-order valence-corrected chi connectivity index (χ1v) is 8.01. The first kappa shape index (κ1) is 14.3. The van der Waals surface area contributed by atoms with Gasteiger partial charge in [-0.05, 0) is 32.3 Å². The predicted molar refractivity (Wildman–Crippen MR) is 82.9 cm³/mol. The molecule has 3 rings (SSSR count). The third-order valence-electron chi connectivity index (χ3n) is 3.84. The Morgan fingerprint density at radius 2 is 2.43 bits per heavy atom. The van der Waals surface area contributed by atoms with Gasteiger partial charge in [-0.2, -0.15) is 5.10 Å². The molecule has 0 bridgehead atoms. The average Bonchev–Trinajstić information content (AvgIpc) is 3.16. The minimum absolute atomic E-state index is 0.0754. The molecule has 1 N–H and O–H groups in total. The molecule has 0 aliphatic carbocycles. The Morgan fingerprint density at radius 3 is 3.10 bits per heavy atom. The lowest BCUT2D eigenvalue weighted by molar-refractivity contribution is 0.0940. The van der Waals surface area contributed by atoms with Crippen molar-refractivity contribution in [3.63, 3.8) is 0 Å². The fourth-order valence-corrected chi connectivity index (χ4v) is 3.33. The molecule has 0 saturated carbocycles. The maximum atomic E-state index is 12.2. The fraction of sp³-hybridized carbons (Fsp3) is 0.467. The van der Waals surface area contributed by atoms with Crippen molar-refractivity contribution in [3.05, 3.63) is 33.8 Å². The highest BCUT2D eigenvalue weighted by Crippen LogP contribution is 2.22. The van der Waals surface area contributed by atoms with Crippen LogP contribution in [0.3, 0.4) is 0 Å². The summed E-state index contributed by atoms with van der Waals surface area (Å²) < 4.78 is 7.42. The maximum Gasteiger partial charge on any atom is 0.256 e. The van der Waals surface area contributed by atoms with Gasteiger partial charge in [0.25, 0.3) is 5.91 Å². The van der Waals surface area contributed by atoms with Crippen molar-refractivity contribution in [2.45, 2.75) is 39.3 Å². The molecule has 3 heterocycles. The number of aryl methyl sites for hydroxylation is 1. The lowest BCUT2D eigenvalue weighted by Crippen LogP contribution is -2.15. The Kier molecular flexibility index (Phi) is 4.07. The predicted octanol–water partition coefficient (Wildman–Crippen LogP) is 2.99. The SMILES string of the molecule is Cc1scc(C(=O)Nc2cnn(CC3CCCO3)c2)c1C. The second-order valence-electron chi connectivity index (χ2n) is 5.37. The molecule has 21 heavy (non-hydrogen) atoms. The van der Waals surface area contributed by atoms with Crippen molar-refractivity contribution in [2.24, 2.45) is 0 Å². The molecule has 1 saturated heterocycles. The van der Waals surface area contributed by atoms with Crippen LogP contribution >= 0.6 is 11.3 Å². The van der Waals surface area contributed by atoms with Crippen LogP contribution in [0.5, 0.6) is 0 Å². The lowest BCUT2D eigenvalue weighted by atomic mass is 10.1. The van der Waals surface area contributed by atoms with Crippen LogP contribution in [0, 0.1) is 13.8 Å². The zero-order valence-electron chi connectivity index (χ0n) is 12.3. The van der Waals surface area contributed by atoms with E-state index in [0.29, 0.717) is 0 Å². The van der Waals surface area contributed by atoms with E-state index in [-0.39, 0.29) is 12.0 Å². The quantitative estimate of drug-likeness (QED) is 0.944. The van der Waals surface area contributed by atoms with Gasteiger partial charge >= 0.3 is 0 Å². The van der Waals surface area contributed by atoms with E-state index < -0.39 is 0 Å². The van der Waals surface area contributed by atoms with E-state index in [1.54, 1.807) is 17.5 Å². The number of anilines is 1. The van der Waals surface area contributed by atoms with E-state index in [2.05, 4.69) is 10.4 Å². The van der Waals surface area contributed by atoms with Gasteiger partial charge in [-0.25, -0.2) is 0 Å². The molecule has 6 heteroatoms. The molecule has 112 valence electrons. The van der Waals surface area contributed by atoms with Crippen LogP contribution in [0.4, 0.5) is 5.69 Å². The number of ether oxygens (including phenoxy) is 1. The summed E-state index contributed by atoms with van der Waals surface area (Å²) in [4.78, 5) is 13.4. The highest BCUT2D eigenvalue weighted by atomic mass is 32.1. The van der Waals surface area contributed by atoms with Gasteiger partial charge in [-0.15, -0.1) is 11.3 Å². The number of carbonyl (C=O) groups is 1. The monoisotopic (exact) mass is 305 g/mol. The Hall–Kier alpha value is -1.66. The van der Waals surface area contributed by atoms with Crippen LogP contribution in [0.1, 0.15) is 33.6 Å². The van der Waals surface area contributed by atoms with Crippen LogP contribution in [0.2, 0.25) is 0 Å². The number of nitrogens with one attached hydrogen (secondary N) is 1. The molecular formula is C15H19N3O2S. The van der Waals surface area contributed by atoms with Gasteiger partial charge in [-0.1, -0.05) is 0 Å². The highest BCUT2D eigenvalue weighted by molar-refractivity contribution is 7.10. The summed E-state index contributed by atoms with van der Waals surface area (Å²) in [5.74, 6) is -0.0754. The Bertz CT molecular complexity index is 641. The smallest absolute Gasteiger partial charge is 0.256 e. The Labute approximate surface area is 127 Å². The molecule has 1 amide bonds. The fourth-order valence-electron chi connectivity index (χ4n) is 2.46. The van der Waals surface area contributed by atoms with Gasteiger partial charge in [0.2, 0.25) is 0 Å². The summed E-state index contributed by atoms with van der Waals surface area (Å²) >= 11 is 1.60. The number of hydrogen-bond donors (Lipinski definition) is 1. The second-order valence-corrected chi connectivity index (χ2v) is 6.45. The van der Waals surface area contributed by atoms with Crippen LogP contribution < -0.4 is 5.32 Å². The lowest BCUT2D eigenvalue weighted by Gasteiger charge is -2.08. The molecule has 1 aliphatic rings. The molecule has 1 atom stereocenters. The standard InChI is InChI=1S/C15H19N3O2S/c1-10-11(2)21-9-14(10)15(19)17-12-6-16-18(7-12)8-13-4-3-5-20-13/h6-7,9,13H,3-5,8H2,1-2H3,(H,17,19). The molecular weight excluding hydrogens is 286 g/mol. The van der Waals surface area contributed by atoms with Crippen molar-refractivity contribution < 1.29 is 9.53 Å². The summed E-state index contributed by atoms with van der Waals surface area (Å²) in [6, 6.07) is 0. The average molecular weight is 305 g/mol. The molecule has 2 aromatic rings. The largest absolute Gasteiger partial charge is 0.376 e. The topological polar surface area (TPSA) is 56.2 Å². The number of aromatic nitrogens is 2. The van der Waals surface area contributed by atoms with E-state index in [9.17, 15) is 4.79 Å². The molecule has 1 aliphatic heterocycles. The number of rotatable bonds is 4. The summed E-state index contributed by atoms with van der Waals surface area (Å²) in [5, 5.41) is 9.08. The summed E-state index contributed by atoms with van der Waals surface area (Å²) in [5.41, 5.74) is 2.51. The van der Waals surface area contributed by atoms with Crippen molar-refractivity contribution >= 4 is 22.9 Å². The normalized spacial score (nSPS) is 18.1. The Morgan fingerprint density at radius 1 is 1.57 bits per heavy atom. The minimum Gasteiger partial charge on any atom is -0.376 e. The van der Waals surface area contributed by atoms with Crippen LogP contribution in [0.25, 0.3) is 0 Å². The zero-order chi connectivity index (χ0) is 14.8. The molecule has 0 aromatic carbocycles. The number of nitrogens with zero attached hydrogens (tertiary/aromatic N) is 2. The Balaban J connectivity index is 1.63. The second kappa shape index (κ2) is 5.99. The van der Waals surface area contributed by atoms with Gasteiger partial charge in [0, 0.05) is 23.1 Å². The molecule has 2 aromatic heterocycles. The van der Waals surface area contributed by atoms with Gasteiger partial charge in [0.05, 0.1) is 30.1 Å². The third-order valence-corrected chi connectivity index (χ3v) is 4.85. The van der Waals surface area contributed by atoms with Crippen molar-refractivity contribution in [1.29, 1.82) is 0 Å². The van der Waals surface area contributed by atoms with Crippen LogP contribution in [-0.2, 0) is 11.3 Å². The van der Waals surface area contributed by atoms with E-state index >= 15 is 0 Å². The van der Waals surface area contributed by atoms with Gasteiger partial charge in [-0.3, -0.25) is 9.48 Å². The van der Waals surface area contributed by atoms with E-state index in [4.69, 9.17) is 4.74 Å². The highest BCUT2D eigenvalue weighted by Gasteiger charge is 2.17. The van der Waals surface area contributed by atoms with Crippen molar-refractivity contribution in [3.8, 4) is 0 Å². The first-order chi connectivity index (χ1) is 10.1. The van der Waals surface area contributed by atoms with Crippen molar-refractivity contribution in [2.75, 3.05) is 11.9 Å². The molecule has 1 fully saturated rings. The molecule has 0 spiro atoms. The van der Waals surface area contributed by atoms with E-state index in [1.807, 2.05) is 30.1 Å². The van der Waals surface area contributed by atoms with Gasteiger partial charge < -0.3 is 10.1 Å². The van der Waals surface area contributed by atoms with E-state index in [0.717, 1.165) is 42.8 Å². The summed E-state index contributed by atoms with van der Waals surface area (Å²) in [7, 11) is 0. The number of carbonyl (C=O) groups excluding carboxylic acids is 1. The summed E-state index contributed by atoms with van der Waals surface area (Å²) in [6.45, 7) is 5.58. The number of thiophene rings is 1. The third kappa shape index (κ3) is 3.16. The number of amides is 1. The minimum atomic E-state index is -0.0754.